The minimum atomic E-state index is -0.530. The maximum absolute atomic E-state index is 13.0. The van der Waals surface area contributed by atoms with Crippen LogP contribution in [-0.2, 0) is 24.3 Å². The third-order valence-corrected chi connectivity index (χ3v) is 6.22. The summed E-state index contributed by atoms with van der Waals surface area (Å²) in [4.78, 5) is 42.2. The van der Waals surface area contributed by atoms with Crippen molar-refractivity contribution in [1.82, 2.24) is 9.88 Å². The Labute approximate surface area is 196 Å². The molecule has 2 heterocycles. The van der Waals surface area contributed by atoms with Gasteiger partial charge in [-0.1, -0.05) is 42.5 Å². The highest BCUT2D eigenvalue weighted by Crippen LogP contribution is 2.28. The highest BCUT2D eigenvalue weighted by Gasteiger charge is 2.25. The van der Waals surface area contributed by atoms with Gasteiger partial charge in [-0.25, -0.2) is 0 Å². The zero-order valence-corrected chi connectivity index (χ0v) is 18.5. The van der Waals surface area contributed by atoms with Crippen molar-refractivity contribution in [1.29, 1.82) is 0 Å². The number of para-hydroxylation sites is 1. The first-order chi connectivity index (χ1) is 16.5. The topological polar surface area (TPSA) is 108 Å². The minimum Gasteiger partial charge on any atom is -0.364 e. The van der Waals surface area contributed by atoms with Crippen LogP contribution < -0.4 is 11.1 Å². The van der Waals surface area contributed by atoms with Crippen molar-refractivity contribution in [3.05, 3.63) is 101 Å². The molecule has 0 saturated carbocycles. The van der Waals surface area contributed by atoms with E-state index in [1.807, 2.05) is 60.7 Å². The number of fused-ring (bicyclic) bond motifs is 2. The third kappa shape index (κ3) is 4.15. The Morgan fingerprint density at radius 3 is 2.44 bits per heavy atom. The zero-order chi connectivity index (χ0) is 23.7. The highest BCUT2D eigenvalue weighted by molar-refractivity contribution is 6.04. The molecule has 34 heavy (non-hydrogen) atoms. The van der Waals surface area contributed by atoms with Gasteiger partial charge in [-0.3, -0.25) is 14.4 Å². The third-order valence-electron chi connectivity index (χ3n) is 6.22. The second-order valence-electron chi connectivity index (χ2n) is 8.44. The first kappa shape index (κ1) is 21.5. The van der Waals surface area contributed by atoms with Crippen LogP contribution in [0, 0.1) is 0 Å². The molecule has 4 N–H and O–H groups in total. The summed E-state index contributed by atoms with van der Waals surface area (Å²) in [5, 5.41) is 3.83. The number of aromatic nitrogens is 1. The Hall–Kier alpha value is -4.39. The summed E-state index contributed by atoms with van der Waals surface area (Å²) in [6, 6.07) is 22.4. The number of carbonyl (C=O) groups excluding carboxylic acids is 3. The number of amides is 3. The van der Waals surface area contributed by atoms with E-state index in [0.717, 1.165) is 27.6 Å². The molecular weight excluding hydrogens is 428 g/mol. The van der Waals surface area contributed by atoms with Crippen LogP contribution in [-0.4, -0.2) is 27.6 Å². The van der Waals surface area contributed by atoms with Crippen molar-refractivity contribution in [2.24, 2.45) is 5.73 Å². The number of primary amides is 1. The quantitative estimate of drug-likeness (QED) is 0.411. The van der Waals surface area contributed by atoms with E-state index in [4.69, 9.17) is 5.73 Å². The van der Waals surface area contributed by atoms with Crippen molar-refractivity contribution in [3.8, 4) is 0 Å². The van der Waals surface area contributed by atoms with Crippen LogP contribution in [0.25, 0.3) is 10.9 Å². The van der Waals surface area contributed by atoms with Crippen LogP contribution in [0.5, 0.6) is 0 Å². The zero-order valence-electron chi connectivity index (χ0n) is 18.5. The molecule has 1 aliphatic rings. The normalized spacial score (nSPS) is 12.5. The predicted molar refractivity (Wildman–Crippen MR) is 130 cm³/mol. The average Bonchev–Trinajstić information content (AvgIpc) is 3.44. The monoisotopic (exact) mass is 452 g/mol. The number of benzene rings is 3. The van der Waals surface area contributed by atoms with E-state index in [2.05, 4.69) is 10.3 Å². The van der Waals surface area contributed by atoms with Gasteiger partial charge in [0, 0.05) is 41.7 Å². The Morgan fingerprint density at radius 1 is 0.912 bits per heavy atom. The van der Waals surface area contributed by atoms with E-state index in [9.17, 15) is 14.4 Å². The molecule has 1 aromatic heterocycles. The smallest absolute Gasteiger partial charge is 0.265 e. The summed E-state index contributed by atoms with van der Waals surface area (Å²) in [7, 11) is 0. The molecule has 7 nitrogen and oxygen atoms in total. The van der Waals surface area contributed by atoms with Gasteiger partial charge in [-0.15, -0.1) is 0 Å². The number of nitrogens with zero attached hydrogens (tertiary/aromatic N) is 1. The Kier molecular flexibility index (Phi) is 5.59. The number of aryl methyl sites for hydroxylation is 1. The molecule has 0 fully saturated rings. The van der Waals surface area contributed by atoms with Gasteiger partial charge in [-0.2, -0.15) is 0 Å². The number of rotatable bonds is 6. The van der Waals surface area contributed by atoms with Crippen molar-refractivity contribution in [2.75, 3.05) is 5.32 Å². The Bertz CT molecular complexity index is 1410. The van der Waals surface area contributed by atoms with Gasteiger partial charge in [0.15, 0.2) is 0 Å². The molecule has 0 atom stereocenters. The van der Waals surface area contributed by atoms with Gasteiger partial charge in [0.1, 0.15) is 5.69 Å². The molecule has 0 bridgehead atoms. The number of nitrogens with two attached hydrogens (primary N) is 1. The van der Waals surface area contributed by atoms with E-state index in [0.29, 0.717) is 36.5 Å². The summed E-state index contributed by atoms with van der Waals surface area (Å²) < 4.78 is 0. The number of hydrogen-bond donors (Lipinski definition) is 3. The lowest BCUT2D eigenvalue weighted by Crippen LogP contribution is -2.25. The van der Waals surface area contributed by atoms with Gasteiger partial charge in [0.25, 0.3) is 11.8 Å². The summed E-state index contributed by atoms with van der Waals surface area (Å²) in [6.07, 6.45) is 0.695. The van der Waals surface area contributed by atoms with E-state index >= 15 is 0 Å². The Balaban J connectivity index is 1.25. The van der Waals surface area contributed by atoms with Crippen LogP contribution in [0.1, 0.15) is 44.0 Å². The Morgan fingerprint density at radius 2 is 1.65 bits per heavy atom. The molecule has 5 rings (SSSR count). The predicted octanol–water partition coefficient (Wildman–Crippen LogP) is 3.99. The molecular formula is C27H24N4O3. The van der Waals surface area contributed by atoms with Gasteiger partial charge >= 0.3 is 0 Å². The second kappa shape index (κ2) is 8.86. The number of aromatic amines is 1. The lowest BCUT2D eigenvalue weighted by Gasteiger charge is -2.15. The molecule has 170 valence electrons. The SMILES string of the molecule is NC(=O)c1[nH]c2ccccc2c1CCC(=O)N1Cc2ccc(NC(=O)c3ccccc3)cc2C1. The molecule has 1 aliphatic heterocycles. The van der Waals surface area contributed by atoms with Crippen LogP contribution in [0.15, 0.2) is 72.8 Å². The first-order valence-corrected chi connectivity index (χ1v) is 11.1. The number of nitrogens with one attached hydrogen (secondary N) is 2. The fraction of sp³-hybridized carbons (Fsp3) is 0.148. The van der Waals surface area contributed by atoms with Crippen LogP contribution in [0.3, 0.4) is 0 Å². The highest BCUT2D eigenvalue weighted by atomic mass is 16.2. The fourth-order valence-electron chi connectivity index (χ4n) is 4.50. The first-order valence-electron chi connectivity index (χ1n) is 11.1. The largest absolute Gasteiger partial charge is 0.364 e. The molecule has 0 radical (unpaired) electrons. The summed E-state index contributed by atoms with van der Waals surface area (Å²) >= 11 is 0. The molecule has 0 unspecified atom stereocenters. The number of anilines is 1. The number of carbonyl (C=O) groups is 3. The molecule has 3 amide bonds. The fourth-order valence-corrected chi connectivity index (χ4v) is 4.50. The second-order valence-corrected chi connectivity index (χ2v) is 8.44. The lowest BCUT2D eigenvalue weighted by molar-refractivity contribution is -0.131. The summed E-state index contributed by atoms with van der Waals surface area (Å²) in [5.74, 6) is -0.695. The van der Waals surface area contributed by atoms with Crippen molar-refractivity contribution in [3.63, 3.8) is 0 Å². The lowest BCUT2D eigenvalue weighted by atomic mass is 10.0. The van der Waals surface area contributed by atoms with Crippen LogP contribution >= 0.6 is 0 Å². The molecule has 0 spiro atoms. The average molecular weight is 453 g/mol. The van der Waals surface area contributed by atoms with Gasteiger partial charge in [0.2, 0.25) is 5.91 Å². The van der Waals surface area contributed by atoms with E-state index in [1.165, 1.54) is 0 Å². The minimum absolute atomic E-state index is 0.00627. The van der Waals surface area contributed by atoms with Crippen molar-refractivity contribution in [2.45, 2.75) is 25.9 Å². The maximum Gasteiger partial charge on any atom is 0.265 e. The molecule has 0 aliphatic carbocycles. The van der Waals surface area contributed by atoms with E-state index in [-0.39, 0.29) is 18.2 Å². The maximum atomic E-state index is 13.0. The molecule has 7 heteroatoms. The van der Waals surface area contributed by atoms with Crippen molar-refractivity contribution < 1.29 is 14.4 Å². The van der Waals surface area contributed by atoms with Crippen LogP contribution in [0.2, 0.25) is 0 Å². The van der Waals surface area contributed by atoms with E-state index < -0.39 is 5.91 Å². The van der Waals surface area contributed by atoms with Crippen LogP contribution in [0.4, 0.5) is 5.69 Å². The number of H-pyrrole nitrogens is 1. The summed E-state index contributed by atoms with van der Waals surface area (Å²) in [6.45, 7) is 1.01. The van der Waals surface area contributed by atoms with E-state index in [1.54, 1.807) is 17.0 Å². The molecule has 0 saturated heterocycles. The van der Waals surface area contributed by atoms with Crippen molar-refractivity contribution >= 4 is 34.3 Å². The van der Waals surface area contributed by atoms with Gasteiger partial charge < -0.3 is 20.9 Å². The summed E-state index contributed by atoms with van der Waals surface area (Å²) in [5.41, 5.74) is 10.9. The molecule has 4 aromatic rings. The molecule has 3 aromatic carbocycles. The standard InChI is InChI=1S/C27H24N4O3/c28-26(33)25-22(21-8-4-5-9-23(21)30-25)12-13-24(32)31-15-18-10-11-20(14-19(18)16-31)29-27(34)17-6-2-1-3-7-17/h1-11,14,30H,12-13,15-16H2,(H2,28,33)(H,29,34). The van der Waals surface area contributed by atoms with Gasteiger partial charge in [0.05, 0.1) is 0 Å². The number of hydrogen-bond acceptors (Lipinski definition) is 3. The van der Waals surface area contributed by atoms with Gasteiger partial charge in [-0.05, 0) is 53.4 Å².